The van der Waals surface area contributed by atoms with Gasteiger partial charge in [0, 0.05) is 61.9 Å². The van der Waals surface area contributed by atoms with E-state index in [1.165, 1.54) is 17.1 Å². The van der Waals surface area contributed by atoms with E-state index in [-0.39, 0.29) is 29.8 Å². The third-order valence-electron chi connectivity index (χ3n) is 6.60. The van der Waals surface area contributed by atoms with Crippen LogP contribution < -0.4 is 0 Å². The number of amides is 3. The fourth-order valence-electron chi connectivity index (χ4n) is 4.66. The van der Waals surface area contributed by atoms with Gasteiger partial charge in [-0.2, -0.15) is 0 Å². The molecule has 5 rings (SSSR count). The molecule has 3 aromatic carbocycles. The molecular formula is C27H22F3N3O3. The van der Waals surface area contributed by atoms with Gasteiger partial charge in [-0.1, -0.05) is 24.3 Å². The van der Waals surface area contributed by atoms with Gasteiger partial charge in [0.25, 0.3) is 11.8 Å². The van der Waals surface area contributed by atoms with Crippen LogP contribution in [0.15, 0.2) is 54.6 Å². The van der Waals surface area contributed by atoms with Crippen molar-refractivity contribution in [1.82, 2.24) is 14.7 Å². The first-order chi connectivity index (χ1) is 17.3. The molecule has 3 amide bonds. The number of carbonyl (C=O) groups is 3. The maximum absolute atomic E-state index is 13.4. The maximum Gasteiger partial charge on any atom is 0.261 e. The van der Waals surface area contributed by atoms with Gasteiger partial charge in [-0.05, 0) is 41.3 Å². The number of nitrogens with zero attached hydrogens (tertiary/aromatic N) is 3. The minimum absolute atomic E-state index is 0.0477. The van der Waals surface area contributed by atoms with E-state index in [9.17, 15) is 27.6 Å². The van der Waals surface area contributed by atoms with Gasteiger partial charge in [0.05, 0.1) is 0 Å². The van der Waals surface area contributed by atoms with Crippen molar-refractivity contribution >= 4 is 34.6 Å². The van der Waals surface area contributed by atoms with Gasteiger partial charge in [-0.25, -0.2) is 13.2 Å². The lowest BCUT2D eigenvalue weighted by Gasteiger charge is -2.35. The number of hydrogen-bond donors (Lipinski definition) is 0. The number of hydrogen-bond acceptors (Lipinski definition) is 4. The van der Waals surface area contributed by atoms with Crippen LogP contribution in [0.3, 0.4) is 0 Å². The molecule has 2 heterocycles. The predicted octanol–water partition coefficient (Wildman–Crippen LogP) is 3.71. The van der Waals surface area contributed by atoms with E-state index < -0.39 is 17.5 Å². The molecule has 1 saturated heterocycles. The molecular weight excluding hydrogens is 471 g/mol. The van der Waals surface area contributed by atoms with Crippen molar-refractivity contribution in [1.29, 1.82) is 0 Å². The van der Waals surface area contributed by atoms with E-state index in [0.29, 0.717) is 49.2 Å². The zero-order chi connectivity index (χ0) is 25.4. The van der Waals surface area contributed by atoms with E-state index in [2.05, 4.69) is 4.90 Å². The lowest BCUT2D eigenvalue weighted by molar-refractivity contribution is -0.127. The van der Waals surface area contributed by atoms with Crippen LogP contribution in [0.25, 0.3) is 16.8 Å². The Hall–Kier alpha value is -3.98. The molecule has 0 spiro atoms. The average molecular weight is 493 g/mol. The summed E-state index contributed by atoms with van der Waals surface area (Å²) in [6.07, 6.45) is 2.44. The molecule has 0 aromatic heterocycles. The van der Waals surface area contributed by atoms with Crippen LogP contribution in [-0.2, 0) is 4.79 Å². The highest BCUT2D eigenvalue weighted by molar-refractivity contribution is 6.25. The molecule has 2 aliphatic heterocycles. The minimum Gasteiger partial charge on any atom is -0.337 e. The summed E-state index contributed by atoms with van der Waals surface area (Å²) < 4.78 is 39.8. The van der Waals surface area contributed by atoms with Crippen molar-refractivity contribution < 1.29 is 27.6 Å². The summed E-state index contributed by atoms with van der Waals surface area (Å²) in [5.41, 5.74) is 1.09. The lowest BCUT2D eigenvalue weighted by atomic mass is 9.94. The van der Waals surface area contributed by atoms with Crippen molar-refractivity contribution in [3.8, 4) is 0 Å². The van der Waals surface area contributed by atoms with Crippen LogP contribution in [0.4, 0.5) is 13.2 Å². The third kappa shape index (κ3) is 4.37. The maximum atomic E-state index is 13.4. The molecule has 0 radical (unpaired) electrons. The Kier molecular flexibility index (Phi) is 6.32. The Morgan fingerprint density at radius 2 is 1.42 bits per heavy atom. The summed E-state index contributed by atoms with van der Waals surface area (Å²) in [5, 5.41) is 1.55. The molecule has 36 heavy (non-hydrogen) atoms. The Morgan fingerprint density at radius 3 is 2.00 bits per heavy atom. The first kappa shape index (κ1) is 23.7. The minimum atomic E-state index is -1.55. The molecule has 0 N–H and O–H groups in total. The average Bonchev–Trinajstić information content (AvgIpc) is 2.89. The number of imide groups is 1. The first-order valence-electron chi connectivity index (χ1n) is 11.6. The molecule has 2 aliphatic rings. The van der Waals surface area contributed by atoms with Gasteiger partial charge in [0.15, 0.2) is 17.5 Å². The smallest absolute Gasteiger partial charge is 0.261 e. The summed E-state index contributed by atoms with van der Waals surface area (Å²) in [6.45, 7) is 2.63. The second kappa shape index (κ2) is 9.58. The molecule has 3 aromatic rings. The molecule has 6 nitrogen and oxygen atoms in total. The first-order valence-corrected chi connectivity index (χ1v) is 11.6. The van der Waals surface area contributed by atoms with Crippen molar-refractivity contribution in [2.45, 2.75) is 0 Å². The van der Waals surface area contributed by atoms with Gasteiger partial charge in [0.2, 0.25) is 5.91 Å². The fraction of sp³-hybridized carbons (Fsp3) is 0.222. The molecule has 1 fully saturated rings. The number of benzene rings is 3. The molecule has 184 valence electrons. The molecule has 0 aliphatic carbocycles. The molecule has 0 saturated carbocycles. The summed E-state index contributed by atoms with van der Waals surface area (Å²) in [7, 11) is 0. The number of piperazine rings is 1. The van der Waals surface area contributed by atoms with Gasteiger partial charge in [-0.15, -0.1) is 0 Å². The van der Waals surface area contributed by atoms with Gasteiger partial charge in [0.1, 0.15) is 0 Å². The zero-order valence-electron chi connectivity index (χ0n) is 19.2. The van der Waals surface area contributed by atoms with E-state index in [4.69, 9.17) is 0 Å². The highest BCUT2D eigenvalue weighted by atomic mass is 19.2. The number of carbonyl (C=O) groups excluding carboxylic acids is 3. The Balaban J connectivity index is 1.17. The summed E-state index contributed by atoms with van der Waals surface area (Å²) in [5.74, 6) is -5.13. The highest BCUT2D eigenvalue weighted by Gasteiger charge is 2.33. The van der Waals surface area contributed by atoms with E-state index in [1.54, 1.807) is 29.2 Å². The van der Waals surface area contributed by atoms with E-state index >= 15 is 0 Å². The highest BCUT2D eigenvalue weighted by Crippen LogP contribution is 2.29. The van der Waals surface area contributed by atoms with Gasteiger partial charge >= 0.3 is 0 Å². The Bertz CT molecular complexity index is 1340. The predicted molar refractivity (Wildman–Crippen MR) is 128 cm³/mol. The normalized spacial score (nSPS) is 16.4. The zero-order valence-corrected chi connectivity index (χ0v) is 19.2. The largest absolute Gasteiger partial charge is 0.337 e. The van der Waals surface area contributed by atoms with Crippen LogP contribution in [-0.4, -0.2) is 71.7 Å². The third-order valence-corrected chi connectivity index (χ3v) is 6.60. The van der Waals surface area contributed by atoms with Crippen LogP contribution in [0.1, 0.15) is 26.3 Å². The van der Waals surface area contributed by atoms with Crippen molar-refractivity contribution in [2.24, 2.45) is 0 Å². The molecule has 0 unspecified atom stereocenters. The van der Waals surface area contributed by atoms with Crippen molar-refractivity contribution in [3.05, 3.63) is 88.7 Å². The van der Waals surface area contributed by atoms with Crippen LogP contribution in [0.5, 0.6) is 0 Å². The quantitative estimate of drug-likeness (QED) is 0.309. The Morgan fingerprint density at radius 1 is 0.833 bits per heavy atom. The van der Waals surface area contributed by atoms with Crippen LogP contribution in [0, 0.1) is 17.5 Å². The monoisotopic (exact) mass is 493 g/mol. The second-order valence-corrected chi connectivity index (χ2v) is 8.77. The molecule has 9 heteroatoms. The Labute approximate surface area is 205 Å². The topological polar surface area (TPSA) is 60.9 Å². The van der Waals surface area contributed by atoms with Crippen molar-refractivity contribution in [2.75, 3.05) is 39.3 Å². The molecule has 0 bridgehead atoms. The lowest BCUT2D eigenvalue weighted by Crippen LogP contribution is -2.51. The van der Waals surface area contributed by atoms with Crippen LogP contribution >= 0.6 is 0 Å². The SMILES string of the molecule is O=C(/C=C/c1cc(F)c(F)c(F)c1)N1CCN(CCN2C(=O)c3cccc4cccc(c34)C2=O)CC1. The summed E-state index contributed by atoms with van der Waals surface area (Å²) in [4.78, 5) is 43.5. The van der Waals surface area contributed by atoms with E-state index in [0.717, 1.165) is 17.5 Å². The fourth-order valence-corrected chi connectivity index (χ4v) is 4.66. The summed E-state index contributed by atoms with van der Waals surface area (Å²) >= 11 is 0. The van der Waals surface area contributed by atoms with Crippen molar-refractivity contribution in [3.63, 3.8) is 0 Å². The second-order valence-electron chi connectivity index (χ2n) is 8.77. The van der Waals surface area contributed by atoms with E-state index in [1.807, 2.05) is 12.1 Å². The molecule has 0 atom stereocenters. The summed E-state index contributed by atoms with van der Waals surface area (Å²) in [6, 6.07) is 12.5. The van der Waals surface area contributed by atoms with Gasteiger partial charge < -0.3 is 4.90 Å². The number of halogens is 3. The number of rotatable bonds is 5. The van der Waals surface area contributed by atoms with Gasteiger partial charge in [-0.3, -0.25) is 24.2 Å². The standard InChI is InChI=1S/C27H22F3N3O3/c28-21-15-17(16-22(29)25(21)30)7-8-23(34)32-12-9-31(10-13-32)11-14-33-26(35)19-5-1-3-18-4-2-6-20(24(18)19)27(33)36/h1-8,15-16H,9-14H2/b8-7+. The van der Waals surface area contributed by atoms with Crippen LogP contribution in [0.2, 0.25) is 0 Å².